The van der Waals surface area contributed by atoms with Gasteiger partial charge >= 0.3 is 5.97 Å². The maximum Gasteiger partial charge on any atom is 0.349 e. The van der Waals surface area contributed by atoms with Crippen LogP contribution in [-0.4, -0.2) is 19.2 Å². The zero-order chi connectivity index (χ0) is 20.3. The molecule has 0 heterocycles. The van der Waals surface area contributed by atoms with E-state index in [1.807, 2.05) is 42.5 Å². The first kappa shape index (κ1) is 20.3. The van der Waals surface area contributed by atoms with Crippen LogP contribution in [0.2, 0.25) is 0 Å². The van der Waals surface area contributed by atoms with E-state index in [0.29, 0.717) is 23.9 Å². The van der Waals surface area contributed by atoms with Crippen LogP contribution in [0.25, 0.3) is 0 Å². The number of rotatable bonds is 10. The van der Waals surface area contributed by atoms with E-state index in [-0.39, 0.29) is 6.61 Å². The minimum atomic E-state index is -0.487. The first-order valence-corrected chi connectivity index (χ1v) is 9.62. The fraction of sp³-hybridized carbons (Fsp3) is 0.208. The molecule has 0 atom stereocenters. The van der Waals surface area contributed by atoms with Crippen molar-refractivity contribution in [1.82, 2.24) is 0 Å². The number of benzene rings is 3. The molecule has 0 aliphatic heterocycles. The Morgan fingerprint density at radius 3 is 2.07 bits per heavy atom. The molecule has 0 saturated heterocycles. The van der Waals surface area contributed by atoms with E-state index in [2.05, 4.69) is 6.92 Å². The molecule has 5 nitrogen and oxygen atoms in total. The van der Waals surface area contributed by atoms with Gasteiger partial charge in [-0.1, -0.05) is 37.6 Å². The minimum Gasteiger partial charge on any atom is -0.493 e. The molecule has 0 N–H and O–H groups in total. The molecule has 5 heteroatoms. The molecular weight excluding hydrogens is 368 g/mol. The first-order valence-electron chi connectivity index (χ1n) is 9.62. The summed E-state index contributed by atoms with van der Waals surface area (Å²) in [6.07, 6.45) is 2.06. The summed E-state index contributed by atoms with van der Waals surface area (Å²) in [6, 6.07) is 23.5. The molecule has 0 radical (unpaired) electrons. The third-order valence-corrected chi connectivity index (χ3v) is 3.96. The van der Waals surface area contributed by atoms with E-state index in [1.54, 1.807) is 36.4 Å². The second-order valence-electron chi connectivity index (χ2n) is 6.33. The predicted octanol–water partition coefficient (Wildman–Crippen LogP) is 5.64. The number of para-hydroxylation sites is 1. The summed E-state index contributed by atoms with van der Waals surface area (Å²) in [5, 5.41) is 0. The van der Waals surface area contributed by atoms with Gasteiger partial charge in [0.15, 0.2) is 6.61 Å². The van der Waals surface area contributed by atoms with Gasteiger partial charge in [-0.3, -0.25) is 0 Å². The summed E-state index contributed by atoms with van der Waals surface area (Å²) >= 11 is 0. The summed E-state index contributed by atoms with van der Waals surface area (Å²) in [5.41, 5.74) is 0. The second kappa shape index (κ2) is 10.8. The number of ether oxygens (including phenoxy) is 4. The van der Waals surface area contributed by atoms with Crippen molar-refractivity contribution in [2.24, 2.45) is 0 Å². The molecule has 0 aliphatic carbocycles. The molecule has 0 amide bonds. The molecule has 150 valence electrons. The number of carbonyl (C=O) groups excluding carboxylic acids is 1. The highest BCUT2D eigenvalue weighted by Gasteiger charge is 2.07. The van der Waals surface area contributed by atoms with Crippen molar-refractivity contribution in [2.75, 3.05) is 13.2 Å². The summed E-state index contributed by atoms with van der Waals surface area (Å²) < 4.78 is 22.2. The van der Waals surface area contributed by atoms with E-state index in [4.69, 9.17) is 18.9 Å². The van der Waals surface area contributed by atoms with Crippen LogP contribution in [0.4, 0.5) is 0 Å². The average Bonchev–Trinajstić information content (AvgIpc) is 2.75. The molecule has 0 fully saturated rings. The zero-order valence-corrected chi connectivity index (χ0v) is 16.4. The molecule has 0 spiro atoms. The van der Waals surface area contributed by atoms with Crippen LogP contribution in [0.1, 0.15) is 19.8 Å². The van der Waals surface area contributed by atoms with Gasteiger partial charge < -0.3 is 18.9 Å². The third kappa shape index (κ3) is 6.88. The lowest BCUT2D eigenvalue weighted by Gasteiger charge is -2.10. The summed E-state index contributed by atoms with van der Waals surface area (Å²) in [5.74, 6) is 2.62. The van der Waals surface area contributed by atoms with Crippen molar-refractivity contribution in [1.29, 1.82) is 0 Å². The molecule has 0 saturated carbocycles. The Morgan fingerprint density at radius 2 is 1.34 bits per heavy atom. The molecule has 29 heavy (non-hydrogen) atoms. The van der Waals surface area contributed by atoms with Gasteiger partial charge in [0.25, 0.3) is 0 Å². The first-order chi connectivity index (χ1) is 14.2. The van der Waals surface area contributed by atoms with Crippen LogP contribution in [-0.2, 0) is 4.79 Å². The standard InChI is InChI=1S/C24H24O5/c1-2-3-16-26-22-10-7-11-23(17-22)27-18-24(25)29-21-14-12-20(13-15-21)28-19-8-5-4-6-9-19/h4-15,17H,2-3,16,18H2,1H3. The molecule has 0 unspecified atom stereocenters. The van der Waals surface area contributed by atoms with Crippen LogP contribution in [0, 0.1) is 0 Å². The lowest BCUT2D eigenvalue weighted by molar-refractivity contribution is -0.136. The van der Waals surface area contributed by atoms with Gasteiger partial charge in [-0.2, -0.15) is 0 Å². The van der Waals surface area contributed by atoms with Crippen molar-refractivity contribution in [3.63, 3.8) is 0 Å². The topological polar surface area (TPSA) is 54.0 Å². The lowest BCUT2D eigenvalue weighted by Crippen LogP contribution is -2.17. The molecule has 0 aromatic heterocycles. The molecule has 3 rings (SSSR count). The Balaban J connectivity index is 1.46. The highest BCUT2D eigenvalue weighted by atomic mass is 16.6. The van der Waals surface area contributed by atoms with Gasteiger partial charge in [-0.15, -0.1) is 0 Å². The van der Waals surface area contributed by atoms with E-state index in [0.717, 1.165) is 24.3 Å². The van der Waals surface area contributed by atoms with E-state index in [9.17, 15) is 4.79 Å². The van der Waals surface area contributed by atoms with Crippen LogP contribution in [0.5, 0.6) is 28.7 Å². The molecule has 3 aromatic rings. The van der Waals surface area contributed by atoms with Crippen LogP contribution in [0.15, 0.2) is 78.9 Å². The predicted molar refractivity (Wildman–Crippen MR) is 111 cm³/mol. The largest absolute Gasteiger partial charge is 0.493 e. The highest BCUT2D eigenvalue weighted by Crippen LogP contribution is 2.24. The number of hydrogen-bond donors (Lipinski definition) is 0. The quantitative estimate of drug-likeness (QED) is 0.254. The number of unbranched alkanes of at least 4 members (excludes halogenated alkanes) is 1. The van der Waals surface area contributed by atoms with Gasteiger partial charge in [0, 0.05) is 6.07 Å². The van der Waals surface area contributed by atoms with Crippen molar-refractivity contribution >= 4 is 5.97 Å². The van der Waals surface area contributed by atoms with Gasteiger partial charge in [0.1, 0.15) is 28.7 Å². The van der Waals surface area contributed by atoms with Crippen molar-refractivity contribution in [3.05, 3.63) is 78.9 Å². The zero-order valence-electron chi connectivity index (χ0n) is 16.4. The Labute approximate surface area is 170 Å². The second-order valence-corrected chi connectivity index (χ2v) is 6.33. The highest BCUT2D eigenvalue weighted by molar-refractivity contribution is 5.74. The normalized spacial score (nSPS) is 10.2. The summed E-state index contributed by atoms with van der Waals surface area (Å²) in [4.78, 5) is 12.0. The van der Waals surface area contributed by atoms with Crippen LogP contribution in [0.3, 0.4) is 0 Å². The van der Waals surface area contributed by atoms with Gasteiger partial charge in [0.2, 0.25) is 0 Å². The fourth-order valence-electron chi connectivity index (χ4n) is 2.49. The molecule has 0 aliphatic rings. The van der Waals surface area contributed by atoms with Gasteiger partial charge in [-0.25, -0.2) is 4.79 Å². The fourth-order valence-corrected chi connectivity index (χ4v) is 2.49. The van der Waals surface area contributed by atoms with Crippen molar-refractivity contribution in [2.45, 2.75) is 19.8 Å². The van der Waals surface area contributed by atoms with E-state index in [1.165, 1.54) is 0 Å². The van der Waals surface area contributed by atoms with Crippen LogP contribution < -0.4 is 18.9 Å². The number of carbonyl (C=O) groups is 1. The number of hydrogen-bond acceptors (Lipinski definition) is 5. The minimum absolute atomic E-state index is 0.194. The van der Waals surface area contributed by atoms with Gasteiger partial charge in [-0.05, 0) is 55.0 Å². The van der Waals surface area contributed by atoms with Crippen LogP contribution >= 0.6 is 0 Å². The smallest absolute Gasteiger partial charge is 0.349 e. The number of esters is 1. The SMILES string of the molecule is CCCCOc1cccc(OCC(=O)Oc2ccc(Oc3ccccc3)cc2)c1. The maximum absolute atomic E-state index is 12.0. The molecule has 0 bridgehead atoms. The Morgan fingerprint density at radius 1 is 0.724 bits per heavy atom. The molecule has 3 aromatic carbocycles. The third-order valence-electron chi connectivity index (χ3n) is 3.96. The Bertz CT molecular complexity index is 891. The Kier molecular flexibility index (Phi) is 7.52. The summed E-state index contributed by atoms with van der Waals surface area (Å²) in [7, 11) is 0. The summed E-state index contributed by atoms with van der Waals surface area (Å²) in [6.45, 7) is 2.57. The lowest BCUT2D eigenvalue weighted by atomic mass is 10.3. The van der Waals surface area contributed by atoms with E-state index < -0.39 is 5.97 Å². The maximum atomic E-state index is 12.0. The van der Waals surface area contributed by atoms with E-state index >= 15 is 0 Å². The van der Waals surface area contributed by atoms with Crippen molar-refractivity contribution < 1.29 is 23.7 Å². The van der Waals surface area contributed by atoms with Gasteiger partial charge in [0.05, 0.1) is 6.61 Å². The Hall–Kier alpha value is -3.47. The molecular formula is C24H24O5. The average molecular weight is 392 g/mol. The van der Waals surface area contributed by atoms with Crippen molar-refractivity contribution in [3.8, 4) is 28.7 Å². The monoisotopic (exact) mass is 392 g/mol.